The van der Waals surface area contributed by atoms with Gasteiger partial charge in [0.25, 0.3) is 5.56 Å². The van der Waals surface area contributed by atoms with Crippen LogP contribution < -0.4 is 10.9 Å². The van der Waals surface area contributed by atoms with Crippen LogP contribution in [0, 0.1) is 11.3 Å². The molecule has 0 saturated carbocycles. The van der Waals surface area contributed by atoms with E-state index in [1.807, 2.05) is 25.1 Å². The summed E-state index contributed by atoms with van der Waals surface area (Å²) < 4.78 is 1.49. The van der Waals surface area contributed by atoms with E-state index in [9.17, 15) is 9.59 Å². The number of nitrogens with zero attached hydrogens (tertiary/aromatic N) is 3. The number of amides is 1. The van der Waals surface area contributed by atoms with Crippen molar-refractivity contribution in [3.05, 3.63) is 99.8 Å². The lowest BCUT2D eigenvalue weighted by molar-refractivity contribution is -0.119. The summed E-state index contributed by atoms with van der Waals surface area (Å²) in [6, 6.07) is 24.0. The van der Waals surface area contributed by atoms with Gasteiger partial charge in [-0.3, -0.25) is 14.2 Å². The molecule has 1 heterocycles. The molecule has 6 nitrogen and oxygen atoms in total. The average Bonchev–Trinajstić information content (AvgIpc) is 2.87. The Morgan fingerprint density at radius 2 is 1.79 bits per heavy atom. The van der Waals surface area contributed by atoms with Crippen LogP contribution in [0.1, 0.15) is 36.6 Å². The van der Waals surface area contributed by atoms with Gasteiger partial charge in [-0.1, -0.05) is 55.1 Å². The molecule has 0 aliphatic rings. The predicted molar refractivity (Wildman–Crippen MR) is 135 cm³/mol. The normalized spacial score (nSPS) is 11.7. The molecule has 1 N–H and O–H groups in total. The number of thioether (sulfide) groups is 1. The molecule has 4 rings (SSSR count). The monoisotopic (exact) mass is 468 g/mol. The molecule has 1 atom stereocenters. The summed E-state index contributed by atoms with van der Waals surface area (Å²) in [6.07, 6.45) is 0.970. The van der Waals surface area contributed by atoms with Crippen LogP contribution in [0.2, 0.25) is 0 Å². The third-order valence-electron chi connectivity index (χ3n) is 5.60. The summed E-state index contributed by atoms with van der Waals surface area (Å²) in [6.45, 7) is 4.06. The second kappa shape index (κ2) is 10.4. The third-order valence-corrected chi connectivity index (χ3v) is 6.54. The standard InChI is InChI=1S/C27H24N4O2S/c1-3-19-8-12-21(13-9-19)18(2)29-25(32)17-34-27-30-24-7-5-4-6-23(24)26(33)31(27)22-14-10-20(16-28)11-15-22/h4-15,18H,3,17H2,1-2H3,(H,29,32). The zero-order valence-electron chi connectivity index (χ0n) is 19.0. The highest BCUT2D eigenvalue weighted by Crippen LogP contribution is 2.22. The molecule has 0 radical (unpaired) electrons. The van der Waals surface area contributed by atoms with E-state index in [4.69, 9.17) is 5.26 Å². The van der Waals surface area contributed by atoms with Crippen molar-refractivity contribution < 1.29 is 4.79 Å². The number of benzene rings is 3. The van der Waals surface area contributed by atoms with Crippen LogP contribution in [-0.4, -0.2) is 21.2 Å². The molecule has 0 aliphatic heterocycles. The molecule has 0 saturated heterocycles. The van der Waals surface area contributed by atoms with Gasteiger partial charge in [0.2, 0.25) is 5.91 Å². The number of para-hydroxylation sites is 1. The van der Waals surface area contributed by atoms with Crippen molar-refractivity contribution in [2.24, 2.45) is 0 Å². The maximum absolute atomic E-state index is 13.3. The molecule has 0 spiro atoms. The molecule has 7 heteroatoms. The van der Waals surface area contributed by atoms with E-state index in [-0.39, 0.29) is 23.3 Å². The van der Waals surface area contributed by atoms with E-state index in [1.54, 1.807) is 42.5 Å². The molecule has 1 amide bonds. The largest absolute Gasteiger partial charge is 0.349 e. The van der Waals surface area contributed by atoms with Crippen molar-refractivity contribution in [2.45, 2.75) is 31.5 Å². The minimum Gasteiger partial charge on any atom is -0.349 e. The van der Waals surface area contributed by atoms with Crippen LogP contribution in [0.4, 0.5) is 0 Å². The van der Waals surface area contributed by atoms with Gasteiger partial charge in [-0.05, 0) is 60.9 Å². The zero-order valence-corrected chi connectivity index (χ0v) is 19.8. The Kier molecular flexibility index (Phi) is 7.09. The van der Waals surface area contributed by atoms with Crippen LogP contribution in [0.3, 0.4) is 0 Å². The SMILES string of the molecule is CCc1ccc(C(C)NC(=O)CSc2nc3ccccc3c(=O)n2-c2ccc(C#N)cc2)cc1. The van der Waals surface area contributed by atoms with Crippen molar-refractivity contribution in [2.75, 3.05) is 5.75 Å². The Morgan fingerprint density at radius 3 is 2.47 bits per heavy atom. The Labute approximate surface area is 202 Å². The number of aromatic nitrogens is 2. The van der Waals surface area contributed by atoms with E-state index in [0.717, 1.165) is 12.0 Å². The van der Waals surface area contributed by atoms with Crippen molar-refractivity contribution >= 4 is 28.6 Å². The van der Waals surface area contributed by atoms with E-state index in [0.29, 0.717) is 27.3 Å². The number of aryl methyl sites for hydroxylation is 1. The van der Waals surface area contributed by atoms with Crippen LogP contribution in [-0.2, 0) is 11.2 Å². The van der Waals surface area contributed by atoms with Gasteiger partial charge in [-0.25, -0.2) is 4.98 Å². The molecular weight excluding hydrogens is 444 g/mol. The second-order valence-electron chi connectivity index (χ2n) is 7.88. The number of fused-ring (bicyclic) bond motifs is 1. The Morgan fingerprint density at radius 1 is 1.09 bits per heavy atom. The van der Waals surface area contributed by atoms with Gasteiger partial charge < -0.3 is 5.32 Å². The first-order valence-corrected chi connectivity index (χ1v) is 12.0. The number of hydrogen-bond donors (Lipinski definition) is 1. The number of rotatable bonds is 7. The summed E-state index contributed by atoms with van der Waals surface area (Å²) in [7, 11) is 0. The molecule has 1 unspecified atom stereocenters. The van der Waals surface area contributed by atoms with Gasteiger partial charge in [-0.2, -0.15) is 5.26 Å². The molecule has 4 aromatic rings. The van der Waals surface area contributed by atoms with Gasteiger partial charge in [0, 0.05) is 0 Å². The maximum atomic E-state index is 13.3. The highest BCUT2D eigenvalue weighted by molar-refractivity contribution is 7.99. The van der Waals surface area contributed by atoms with E-state index < -0.39 is 0 Å². The molecule has 1 aromatic heterocycles. The number of nitriles is 1. The van der Waals surface area contributed by atoms with Gasteiger partial charge in [0.15, 0.2) is 5.16 Å². The van der Waals surface area contributed by atoms with Gasteiger partial charge in [0.05, 0.1) is 40.0 Å². The van der Waals surface area contributed by atoms with Crippen LogP contribution in [0.15, 0.2) is 82.7 Å². The smallest absolute Gasteiger partial charge is 0.266 e. The van der Waals surface area contributed by atoms with E-state index >= 15 is 0 Å². The van der Waals surface area contributed by atoms with Crippen molar-refractivity contribution in [3.63, 3.8) is 0 Å². The quantitative estimate of drug-likeness (QED) is 0.311. The summed E-state index contributed by atoms with van der Waals surface area (Å²) in [5.41, 5.74) is 3.73. The predicted octanol–water partition coefficient (Wildman–Crippen LogP) is 4.79. The lowest BCUT2D eigenvalue weighted by atomic mass is 10.1. The number of hydrogen-bond acceptors (Lipinski definition) is 5. The molecule has 0 fully saturated rings. The Bertz CT molecular complexity index is 1420. The molecule has 0 bridgehead atoms. The van der Waals surface area contributed by atoms with Crippen LogP contribution >= 0.6 is 11.8 Å². The summed E-state index contributed by atoms with van der Waals surface area (Å²) in [4.78, 5) is 30.7. The fourth-order valence-corrected chi connectivity index (χ4v) is 4.48. The minimum absolute atomic E-state index is 0.110. The van der Waals surface area contributed by atoms with Gasteiger partial charge in [-0.15, -0.1) is 0 Å². The van der Waals surface area contributed by atoms with Crippen LogP contribution in [0.25, 0.3) is 16.6 Å². The first-order valence-electron chi connectivity index (χ1n) is 11.0. The lowest BCUT2D eigenvalue weighted by Gasteiger charge is -2.16. The minimum atomic E-state index is -0.220. The van der Waals surface area contributed by atoms with Crippen molar-refractivity contribution in [1.29, 1.82) is 5.26 Å². The van der Waals surface area contributed by atoms with Gasteiger partial charge in [0.1, 0.15) is 0 Å². The second-order valence-corrected chi connectivity index (χ2v) is 8.83. The molecule has 0 aliphatic carbocycles. The average molecular weight is 469 g/mol. The Hall–Kier alpha value is -3.89. The fourth-order valence-electron chi connectivity index (χ4n) is 3.66. The maximum Gasteiger partial charge on any atom is 0.266 e. The molecule has 3 aromatic carbocycles. The highest BCUT2D eigenvalue weighted by atomic mass is 32.2. The summed E-state index contributed by atoms with van der Waals surface area (Å²) in [5, 5.41) is 13.0. The topological polar surface area (TPSA) is 87.8 Å². The number of carbonyl (C=O) groups is 1. The van der Waals surface area contributed by atoms with Crippen LogP contribution in [0.5, 0.6) is 0 Å². The fraction of sp³-hybridized carbons (Fsp3) is 0.185. The van der Waals surface area contributed by atoms with Crippen molar-refractivity contribution in [1.82, 2.24) is 14.9 Å². The first kappa shape index (κ1) is 23.3. The molecule has 170 valence electrons. The lowest BCUT2D eigenvalue weighted by Crippen LogP contribution is -2.29. The zero-order chi connectivity index (χ0) is 24.1. The number of carbonyl (C=O) groups excluding carboxylic acids is 1. The van der Waals surface area contributed by atoms with E-state index in [1.165, 1.54) is 21.9 Å². The number of nitrogens with one attached hydrogen (secondary N) is 1. The molecular formula is C27H24N4O2S. The first-order chi connectivity index (χ1) is 16.5. The Balaban J connectivity index is 1.58. The highest BCUT2D eigenvalue weighted by Gasteiger charge is 2.16. The van der Waals surface area contributed by atoms with Gasteiger partial charge >= 0.3 is 0 Å². The van der Waals surface area contributed by atoms with Crippen molar-refractivity contribution in [3.8, 4) is 11.8 Å². The van der Waals surface area contributed by atoms with E-state index in [2.05, 4.69) is 35.4 Å². The molecule has 34 heavy (non-hydrogen) atoms. The summed E-state index contributed by atoms with van der Waals surface area (Å²) >= 11 is 1.21. The third kappa shape index (κ3) is 5.03. The summed E-state index contributed by atoms with van der Waals surface area (Å²) in [5.74, 6) is -0.0378.